The van der Waals surface area contributed by atoms with E-state index < -0.39 is 23.7 Å². The normalized spacial score (nSPS) is 24.4. The summed E-state index contributed by atoms with van der Waals surface area (Å²) in [5, 5.41) is 10.0. The fraction of sp³-hybridized carbons (Fsp3) is 0.667. The van der Waals surface area contributed by atoms with E-state index in [1.807, 2.05) is 6.92 Å². The Labute approximate surface area is 146 Å². The zero-order valence-corrected chi connectivity index (χ0v) is 14.7. The number of carbonyl (C=O) groups is 1. The minimum Gasteiger partial charge on any atom is -0.427 e. The van der Waals surface area contributed by atoms with Crippen LogP contribution in [0.15, 0.2) is 15.3 Å². The van der Waals surface area contributed by atoms with Crippen LogP contribution in [0.3, 0.4) is 0 Å². The molecule has 1 aromatic heterocycles. The zero-order valence-electron chi connectivity index (χ0n) is 14.7. The van der Waals surface area contributed by atoms with Crippen molar-refractivity contribution in [2.45, 2.75) is 44.8 Å². The van der Waals surface area contributed by atoms with E-state index in [1.54, 1.807) is 13.0 Å². The average molecular weight is 351 g/mol. The smallest absolute Gasteiger partial charge is 0.349 e. The monoisotopic (exact) mass is 351 g/mol. The number of amides is 1. The molecule has 25 heavy (non-hydrogen) atoms. The van der Waals surface area contributed by atoms with Gasteiger partial charge in [-0.25, -0.2) is 4.79 Å². The second-order valence-corrected chi connectivity index (χ2v) is 6.64. The Morgan fingerprint density at radius 3 is 2.56 bits per heavy atom. The number of aliphatic hydroxyl groups excluding tert-OH is 1. The highest BCUT2D eigenvalue weighted by atomic mass is 16.5. The third-order valence-corrected chi connectivity index (χ3v) is 5.03. The van der Waals surface area contributed by atoms with Crippen LogP contribution in [0.1, 0.15) is 47.4 Å². The predicted octanol–water partition coefficient (Wildman–Crippen LogP) is 1.06. The van der Waals surface area contributed by atoms with E-state index in [2.05, 4.69) is 0 Å². The lowest BCUT2D eigenvalue weighted by molar-refractivity contribution is 0.0514. The predicted molar refractivity (Wildman–Crippen MR) is 89.8 cm³/mol. The minimum absolute atomic E-state index is 0.0387. The van der Waals surface area contributed by atoms with Crippen molar-refractivity contribution in [3.05, 3.63) is 33.4 Å². The summed E-state index contributed by atoms with van der Waals surface area (Å²) in [6.07, 6.45) is 0.878. The fourth-order valence-electron chi connectivity index (χ4n) is 3.58. The number of aryl methyl sites for hydroxylation is 1. The van der Waals surface area contributed by atoms with Crippen LogP contribution in [0.5, 0.6) is 0 Å². The molecule has 2 fully saturated rings. The zero-order chi connectivity index (χ0) is 18.0. The first-order chi connectivity index (χ1) is 12.0. The van der Waals surface area contributed by atoms with Gasteiger partial charge >= 0.3 is 5.63 Å². The summed E-state index contributed by atoms with van der Waals surface area (Å²) in [6, 6.07) is 1.35. The molecular weight excluding hydrogens is 326 g/mol. The number of likely N-dealkylation sites (N-methyl/N-ethyl adjacent to an activating group) is 1. The Hall–Kier alpha value is -1.70. The first-order valence-electron chi connectivity index (χ1n) is 8.82. The van der Waals surface area contributed by atoms with Gasteiger partial charge in [0, 0.05) is 25.7 Å². The number of hydrogen-bond donors (Lipinski definition) is 1. The summed E-state index contributed by atoms with van der Waals surface area (Å²) in [4.78, 5) is 26.9. The third kappa shape index (κ3) is 3.63. The highest BCUT2D eigenvalue weighted by Gasteiger charge is 2.36. The van der Waals surface area contributed by atoms with E-state index in [-0.39, 0.29) is 24.7 Å². The van der Waals surface area contributed by atoms with Gasteiger partial charge in [0.15, 0.2) is 0 Å². The van der Waals surface area contributed by atoms with Crippen molar-refractivity contribution in [2.24, 2.45) is 0 Å². The second-order valence-electron chi connectivity index (χ2n) is 6.64. The molecule has 1 aromatic rings. The molecule has 0 bridgehead atoms. The van der Waals surface area contributed by atoms with Crippen LogP contribution in [0.2, 0.25) is 0 Å². The van der Waals surface area contributed by atoms with Crippen LogP contribution in [-0.4, -0.2) is 61.0 Å². The molecule has 3 heterocycles. The van der Waals surface area contributed by atoms with E-state index >= 15 is 0 Å². The summed E-state index contributed by atoms with van der Waals surface area (Å²) < 4.78 is 16.1. The van der Waals surface area contributed by atoms with Crippen molar-refractivity contribution in [3.63, 3.8) is 0 Å². The summed E-state index contributed by atoms with van der Waals surface area (Å²) in [6.45, 7) is 5.72. The Morgan fingerprint density at radius 2 is 2.00 bits per heavy atom. The van der Waals surface area contributed by atoms with Gasteiger partial charge in [-0.15, -0.1) is 0 Å². The van der Waals surface area contributed by atoms with Gasteiger partial charge in [-0.1, -0.05) is 0 Å². The van der Waals surface area contributed by atoms with Crippen molar-refractivity contribution >= 4 is 5.91 Å². The molecule has 0 unspecified atom stereocenters. The standard InChI is InChI=1S/C18H25NO6/c1-3-19(13-9-24-10-14(13)20)17(21)16-11(2)8-15(25-18(16)22)12-4-6-23-7-5-12/h8,12-14,20H,3-7,9-10H2,1-2H3/t13-,14-/m0/s1. The van der Waals surface area contributed by atoms with Crippen molar-refractivity contribution < 1.29 is 23.8 Å². The second kappa shape index (κ2) is 7.68. The van der Waals surface area contributed by atoms with Gasteiger partial charge in [0.25, 0.3) is 5.91 Å². The number of rotatable bonds is 4. The summed E-state index contributed by atoms with van der Waals surface area (Å²) >= 11 is 0. The lowest BCUT2D eigenvalue weighted by Crippen LogP contribution is -2.47. The first-order valence-corrected chi connectivity index (χ1v) is 8.82. The Kier molecular flexibility index (Phi) is 5.56. The van der Waals surface area contributed by atoms with Gasteiger partial charge in [-0.2, -0.15) is 0 Å². The van der Waals surface area contributed by atoms with Crippen LogP contribution in [0.4, 0.5) is 0 Å². The van der Waals surface area contributed by atoms with Crippen molar-refractivity contribution in [2.75, 3.05) is 33.0 Å². The molecule has 0 radical (unpaired) electrons. The number of carbonyl (C=O) groups excluding carboxylic acids is 1. The summed E-state index contributed by atoms with van der Waals surface area (Å²) in [5.74, 6) is 0.355. The van der Waals surface area contributed by atoms with E-state index in [0.717, 1.165) is 12.8 Å². The maximum atomic E-state index is 12.9. The minimum atomic E-state index is -0.738. The molecule has 0 saturated carbocycles. The van der Waals surface area contributed by atoms with Crippen molar-refractivity contribution in [1.29, 1.82) is 0 Å². The largest absolute Gasteiger partial charge is 0.427 e. The molecule has 2 aliphatic heterocycles. The quantitative estimate of drug-likeness (QED) is 0.873. The van der Waals surface area contributed by atoms with Crippen LogP contribution < -0.4 is 5.63 Å². The molecule has 1 N–H and O–H groups in total. The van der Waals surface area contributed by atoms with E-state index in [0.29, 0.717) is 31.1 Å². The van der Waals surface area contributed by atoms with Crippen LogP contribution in [-0.2, 0) is 9.47 Å². The molecule has 2 aliphatic rings. The van der Waals surface area contributed by atoms with Gasteiger partial charge in [0.2, 0.25) is 0 Å². The van der Waals surface area contributed by atoms with E-state index in [4.69, 9.17) is 13.9 Å². The van der Waals surface area contributed by atoms with Gasteiger partial charge in [0.05, 0.1) is 25.4 Å². The molecule has 2 atom stereocenters. The molecule has 7 nitrogen and oxygen atoms in total. The number of hydrogen-bond acceptors (Lipinski definition) is 6. The van der Waals surface area contributed by atoms with Crippen LogP contribution in [0.25, 0.3) is 0 Å². The molecule has 0 aromatic carbocycles. The van der Waals surface area contributed by atoms with Crippen molar-refractivity contribution in [3.8, 4) is 0 Å². The van der Waals surface area contributed by atoms with Gasteiger partial charge in [-0.3, -0.25) is 4.79 Å². The average Bonchev–Trinajstić information content (AvgIpc) is 3.02. The molecule has 138 valence electrons. The SMILES string of the molecule is CCN(C(=O)c1c(C)cc(C2CCOCC2)oc1=O)[C@H]1COC[C@@H]1O. The molecular formula is C18H25NO6. The van der Waals surface area contributed by atoms with E-state index in [1.165, 1.54) is 4.90 Å². The Bertz CT molecular complexity index is 679. The highest BCUT2D eigenvalue weighted by molar-refractivity contribution is 5.95. The lowest BCUT2D eigenvalue weighted by Gasteiger charge is -2.29. The molecule has 0 spiro atoms. The highest BCUT2D eigenvalue weighted by Crippen LogP contribution is 2.27. The van der Waals surface area contributed by atoms with Crippen LogP contribution in [0, 0.1) is 6.92 Å². The maximum Gasteiger partial charge on any atom is 0.349 e. The number of nitrogens with zero attached hydrogens (tertiary/aromatic N) is 1. The molecule has 2 saturated heterocycles. The van der Waals surface area contributed by atoms with Gasteiger partial charge in [0.1, 0.15) is 11.3 Å². The van der Waals surface area contributed by atoms with Gasteiger partial charge in [-0.05, 0) is 38.3 Å². The number of aliphatic hydroxyl groups is 1. The Balaban J connectivity index is 1.88. The van der Waals surface area contributed by atoms with Gasteiger partial charge < -0.3 is 23.9 Å². The lowest BCUT2D eigenvalue weighted by atomic mass is 9.95. The maximum absolute atomic E-state index is 12.9. The fourth-order valence-corrected chi connectivity index (χ4v) is 3.58. The summed E-state index contributed by atoms with van der Waals surface area (Å²) in [5.41, 5.74) is 0.0321. The van der Waals surface area contributed by atoms with Crippen LogP contribution >= 0.6 is 0 Å². The molecule has 7 heteroatoms. The molecule has 1 amide bonds. The third-order valence-electron chi connectivity index (χ3n) is 5.03. The van der Waals surface area contributed by atoms with Crippen molar-refractivity contribution in [1.82, 2.24) is 4.90 Å². The topological polar surface area (TPSA) is 89.2 Å². The Morgan fingerprint density at radius 1 is 1.28 bits per heavy atom. The summed E-state index contributed by atoms with van der Waals surface area (Å²) in [7, 11) is 0. The van der Waals surface area contributed by atoms with E-state index in [9.17, 15) is 14.7 Å². The molecule has 0 aliphatic carbocycles. The molecule has 3 rings (SSSR count). The first kappa shape index (κ1) is 18.1. The number of ether oxygens (including phenoxy) is 2.